The zero-order chi connectivity index (χ0) is 34.8. The fraction of sp³-hybridized carbons (Fsp3) is 0.314. The number of aromatic nitrogens is 3. The molecule has 2 aromatic carbocycles. The summed E-state index contributed by atoms with van der Waals surface area (Å²) in [5.74, 6) is 3.00. The van der Waals surface area contributed by atoms with Crippen molar-refractivity contribution in [3.63, 3.8) is 0 Å². The van der Waals surface area contributed by atoms with E-state index in [1.807, 2.05) is 35.8 Å². The number of carbonyl (C=O) groups excluding carboxylic acids is 3. The summed E-state index contributed by atoms with van der Waals surface area (Å²) < 4.78 is 7.76. The number of aryl methyl sites for hydroxylation is 2. The Morgan fingerprint density at radius 2 is 1.92 bits per heavy atom. The third-order valence-corrected chi connectivity index (χ3v) is 10.2. The maximum absolute atomic E-state index is 13.6. The number of hydrogen-bond donors (Lipinski definition) is 1. The van der Waals surface area contributed by atoms with E-state index in [0.717, 1.165) is 32.3 Å². The van der Waals surface area contributed by atoms with Crippen LogP contribution in [0.25, 0.3) is 5.00 Å². The molecule has 252 valence electrons. The second-order valence-corrected chi connectivity index (χ2v) is 13.5. The average molecular weight is 719 g/mol. The van der Waals surface area contributed by atoms with Gasteiger partial charge in [0.05, 0.1) is 30.9 Å². The minimum atomic E-state index is -0.679. The highest BCUT2D eigenvalue weighted by molar-refractivity contribution is 7.15. The van der Waals surface area contributed by atoms with Gasteiger partial charge in [0.1, 0.15) is 35.1 Å². The van der Waals surface area contributed by atoms with Crippen molar-refractivity contribution in [2.24, 2.45) is 4.99 Å². The van der Waals surface area contributed by atoms with E-state index in [0.29, 0.717) is 40.2 Å². The van der Waals surface area contributed by atoms with Crippen LogP contribution in [-0.4, -0.2) is 70.3 Å². The Morgan fingerprint density at radius 3 is 2.65 bits per heavy atom. The number of nitrogens with one attached hydrogen (secondary N) is 1. The summed E-state index contributed by atoms with van der Waals surface area (Å²) in [6.45, 7) is 6.55. The molecule has 4 aromatic rings. The first-order chi connectivity index (χ1) is 23.6. The summed E-state index contributed by atoms with van der Waals surface area (Å²) in [4.78, 5) is 49.0. The Kier molecular flexibility index (Phi) is 10.1. The normalized spacial score (nSPS) is 14.7. The first kappa shape index (κ1) is 34.2. The molecule has 0 aliphatic carbocycles. The van der Waals surface area contributed by atoms with E-state index < -0.39 is 6.04 Å². The highest BCUT2D eigenvalue weighted by Crippen LogP contribution is 2.40. The maximum atomic E-state index is 13.6. The summed E-state index contributed by atoms with van der Waals surface area (Å²) in [6.07, 6.45) is 5.70. The largest absolute Gasteiger partial charge is 0.490 e. The first-order valence-electron chi connectivity index (χ1n) is 15.6. The lowest BCUT2D eigenvalue weighted by Crippen LogP contribution is -2.44. The van der Waals surface area contributed by atoms with Gasteiger partial charge in [-0.05, 0) is 56.7 Å². The second-order valence-electron chi connectivity index (χ2n) is 11.6. The van der Waals surface area contributed by atoms with Crippen molar-refractivity contribution in [2.75, 3.05) is 41.9 Å². The Bertz CT molecular complexity index is 2010. The summed E-state index contributed by atoms with van der Waals surface area (Å²) in [6, 6.07) is 11.9. The standard InChI is InChI=1S/C35H33Cl2N7O4S/c1-5-6-13-42(30(46)18-36)25-11-12-28-27(16-25)43(14-15-48-28)31(47)19-38-29(45)17-26-34-41-40-22(4)44(34)35-32(20(2)21(3)49-35)33(39-26)23-7-9-24(37)10-8-23/h1,7-12,16,26H,6,13-15,17-19H2,2-4H3,(H,38,45)/t26-/m0/s1. The first-order valence-corrected chi connectivity index (χ1v) is 17.3. The van der Waals surface area contributed by atoms with Crippen molar-refractivity contribution in [1.82, 2.24) is 20.1 Å². The summed E-state index contributed by atoms with van der Waals surface area (Å²) in [5, 5.41) is 13.1. The van der Waals surface area contributed by atoms with Gasteiger partial charge in [-0.15, -0.1) is 45.5 Å². The van der Waals surface area contributed by atoms with Gasteiger partial charge < -0.3 is 19.9 Å². The molecule has 1 atom stereocenters. The molecule has 4 heterocycles. The van der Waals surface area contributed by atoms with Crippen LogP contribution in [0.5, 0.6) is 5.75 Å². The highest BCUT2D eigenvalue weighted by atomic mass is 35.5. The number of anilines is 2. The minimum Gasteiger partial charge on any atom is -0.490 e. The number of amides is 3. The molecule has 11 nitrogen and oxygen atoms in total. The molecule has 1 N–H and O–H groups in total. The van der Waals surface area contributed by atoms with Gasteiger partial charge in [-0.3, -0.25) is 23.9 Å². The van der Waals surface area contributed by atoms with E-state index in [9.17, 15) is 14.4 Å². The minimum absolute atomic E-state index is 0.0655. The molecule has 0 unspecified atom stereocenters. The van der Waals surface area contributed by atoms with E-state index in [1.54, 1.807) is 34.4 Å². The second kappa shape index (κ2) is 14.4. The van der Waals surface area contributed by atoms with Crippen molar-refractivity contribution in [2.45, 2.75) is 39.7 Å². The molecule has 0 radical (unpaired) electrons. The van der Waals surface area contributed by atoms with Crippen LogP contribution in [0.3, 0.4) is 0 Å². The molecule has 3 amide bonds. The SMILES string of the molecule is C#CCCN(C(=O)CCl)c1ccc2c(c1)N(C(=O)CNC(=O)C[C@@H]1N=C(c3ccc(Cl)cc3)c3c(sc(C)c3C)-n3c(C)nnc31)CCO2. The quantitative estimate of drug-likeness (QED) is 0.185. The van der Waals surface area contributed by atoms with Gasteiger partial charge in [-0.25, -0.2) is 0 Å². The number of fused-ring (bicyclic) bond motifs is 4. The highest BCUT2D eigenvalue weighted by Gasteiger charge is 2.33. The van der Waals surface area contributed by atoms with Gasteiger partial charge in [-0.2, -0.15) is 0 Å². The van der Waals surface area contributed by atoms with Gasteiger partial charge in [0.15, 0.2) is 5.82 Å². The third kappa shape index (κ3) is 6.79. The van der Waals surface area contributed by atoms with Crippen molar-refractivity contribution >= 4 is 69.3 Å². The lowest BCUT2D eigenvalue weighted by molar-refractivity contribution is -0.125. The number of nitrogens with zero attached hydrogens (tertiary/aromatic N) is 6. The third-order valence-electron chi connectivity index (χ3n) is 8.49. The zero-order valence-electron chi connectivity index (χ0n) is 27.1. The fourth-order valence-electron chi connectivity index (χ4n) is 5.93. The fourth-order valence-corrected chi connectivity index (χ4v) is 7.41. The van der Waals surface area contributed by atoms with Crippen LogP contribution >= 0.6 is 34.5 Å². The Hall–Kier alpha value is -4.70. The van der Waals surface area contributed by atoms with Crippen LogP contribution in [0.4, 0.5) is 11.4 Å². The number of aliphatic imine (C=N–C) groups is 1. The molecule has 0 bridgehead atoms. The lowest BCUT2D eigenvalue weighted by Gasteiger charge is -2.31. The molecular weight excluding hydrogens is 685 g/mol. The van der Waals surface area contributed by atoms with Crippen LogP contribution in [0.1, 0.15) is 52.1 Å². The molecule has 2 aromatic heterocycles. The Labute approximate surface area is 297 Å². The zero-order valence-corrected chi connectivity index (χ0v) is 29.5. The van der Waals surface area contributed by atoms with Gasteiger partial charge >= 0.3 is 0 Å². The Morgan fingerprint density at radius 1 is 1.14 bits per heavy atom. The number of halogens is 2. The molecule has 0 spiro atoms. The van der Waals surface area contributed by atoms with Gasteiger partial charge in [0.2, 0.25) is 17.7 Å². The summed E-state index contributed by atoms with van der Waals surface area (Å²) >= 11 is 13.7. The number of rotatable bonds is 9. The molecule has 0 saturated heterocycles. The monoisotopic (exact) mass is 717 g/mol. The summed E-state index contributed by atoms with van der Waals surface area (Å²) in [5.41, 5.74) is 4.66. The van der Waals surface area contributed by atoms with Crippen molar-refractivity contribution in [1.29, 1.82) is 0 Å². The van der Waals surface area contributed by atoms with Crippen molar-refractivity contribution in [3.05, 3.63) is 80.7 Å². The number of alkyl halides is 1. The van der Waals surface area contributed by atoms with Crippen LogP contribution in [-0.2, 0) is 14.4 Å². The van der Waals surface area contributed by atoms with E-state index >= 15 is 0 Å². The Balaban J connectivity index is 1.24. The number of benzene rings is 2. The van der Waals surface area contributed by atoms with Gasteiger partial charge in [0.25, 0.3) is 0 Å². The van der Waals surface area contributed by atoms with E-state index in [4.69, 9.17) is 39.4 Å². The van der Waals surface area contributed by atoms with Crippen molar-refractivity contribution < 1.29 is 19.1 Å². The lowest BCUT2D eigenvalue weighted by atomic mass is 9.99. The number of carbonyl (C=O) groups is 3. The number of thiophene rings is 1. The van der Waals surface area contributed by atoms with Crippen LogP contribution < -0.4 is 19.9 Å². The molecular formula is C35H33Cl2N7O4S. The smallest absolute Gasteiger partial charge is 0.246 e. The average Bonchev–Trinajstić information content (AvgIpc) is 3.58. The number of terminal acetylenes is 1. The molecule has 2 aliphatic heterocycles. The van der Waals surface area contributed by atoms with E-state index in [-0.39, 0.29) is 56.3 Å². The topological polar surface area (TPSA) is 122 Å². The van der Waals surface area contributed by atoms with Gasteiger partial charge in [0, 0.05) is 39.7 Å². The van der Waals surface area contributed by atoms with Crippen LogP contribution in [0, 0.1) is 33.1 Å². The summed E-state index contributed by atoms with van der Waals surface area (Å²) in [7, 11) is 0. The van der Waals surface area contributed by atoms with Gasteiger partial charge in [-0.1, -0.05) is 23.7 Å². The predicted molar refractivity (Wildman–Crippen MR) is 192 cm³/mol. The molecule has 2 aliphatic rings. The van der Waals surface area contributed by atoms with E-state index in [2.05, 4.69) is 35.3 Å². The predicted octanol–water partition coefficient (Wildman–Crippen LogP) is 5.33. The van der Waals surface area contributed by atoms with Crippen molar-refractivity contribution in [3.8, 4) is 23.1 Å². The number of ether oxygens (including phenoxy) is 1. The molecule has 14 heteroatoms. The number of hydrogen-bond acceptors (Lipinski definition) is 8. The molecule has 49 heavy (non-hydrogen) atoms. The molecule has 6 rings (SSSR count). The van der Waals surface area contributed by atoms with Crippen LogP contribution in [0.2, 0.25) is 5.02 Å². The maximum Gasteiger partial charge on any atom is 0.246 e. The van der Waals surface area contributed by atoms with Crippen LogP contribution in [0.15, 0.2) is 47.5 Å². The molecule has 0 fully saturated rings. The van der Waals surface area contributed by atoms with E-state index in [1.165, 1.54) is 4.90 Å². The molecule has 0 saturated carbocycles.